The molecule has 1 aromatic heterocycles. The molecular formula is C29H34N4O4. The van der Waals surface area contributed by atoms with Crippen LogP contribution in [0.15, 0.2) is 42.5 Å². The van der Waals surface area contributed by atoms with E-state index in [9.17, 15) is 9.59 Å². The first-order chi connectivity index (χ1) is 17.8. The number of benzene rings is 2. The van der Waals surface area contributed by atoms with Gasteiger partial charge in [-0.1, -0.05) is 56.9 Å². The van der Waals surface area contributed by atoms with E-state index in [1.165, 1.54) is 0 Å². The van der Waals surface area contributed by atoms with Crippen molar-refractivity contribution in [1.82, 2.24) is 10.3 Å². The van der Waals surface area contributed by atoms with Crippen LogP contribution in [0.1, 0.15) is 61.8 Å². The van der Waals surface area contributed by atoms with Gasteiger partial charge in [0.05, 0.1) is 11.4 Å². The van der Waals surface area contributed by atoms with Gasteiger partial charge < -0.3 is 30.4 Å². The van der Waals surface area contributed by atoms with Gasteiger partial charge in [0.15, 0.2) is 6.29 Å². The van der Waals surface area contributed by atoms with Crippen LogP contribution in [0, 0.1) is 11.8 Å². The summed E-state index contributed by atoms with van der Waals surface area (Å²) in [7, 11) is 1.55. The minimum Gasteiger partial charge on any atom is -0.354 e. The number of carbonyl (C=O) groups excluding carboxylic acids is 2. The molecule has 1 aliphatic rings. The van der Waals surface area contributed by atoms with Gasteiger partial charge in [-0.3, -0.25) is 4.79 Å². The van der Waals surface area contributed by atoms with Crippen LogP contribution in [0.5, 0.6) is 0 Å². The Labute approximate surface area is 217 Å². The fraction of sp³-hybridized carbons (Fsp3) is 0.379. The Morgan fingerprint density at radius 3 is 2.54 bits per heavy atom. The fourth-order valence-corrected chi connectivity index (χ4v) is 4.16. The lowest BCUT2D eigenvalue weighted by molar-refractivity contribution is -0.154. The third kappa shape index (κ3) is 6.50. The van der Waals surface area contributed by atoms with Crippen LogP contribution in [0.2, 0.25) is 0 Å². The number of anilines is 2. The molecule has 0 radical (unpaired) electrons. The zero-order valence-electron chi connectivity index (χ0n) is 21.8. The first-order valence-electron chi connectivity index (χ1n) is 12.5. The molecule has 0 bridgehead atoms. The van der Waals surface area contributed by atoms with Crippen molar-refractivity contribution >= 4 is 34.1 Å². The van der Waals surface area contributed by atoms with E-state index >= 15 is 0 Å². The first kappa shape index (κ1) is 26.3. The van der Waals surface area contributed by atoms with Crippen molar-refractivity contribution < 1.29 is 19.1 Å². The normalized spacial score (nSPS) is 15.5. The molecule has 1 aliphatic heterocycles. The van der Waals surface area contributed by atoms with Crippen LogP contribution < -0.4 is 16.0 Å². The highest BCUT2D eigenvalue weighted by atomic mass is 16.7. The lowest BCUT2D eigenvalue weighted by atomic mass is 9.92. The number of carbonyl (C=O) groups is 2. The highest BCUT2D eigenvalue weighted by Gasteiger charge is 2.23. The Hall–Kier alpha value is -3.80. The summed E-state index contributed by atoms with van der Waals surface area (Å²) in [5.74, 6) is 5.95. The number of rotatable bonds is 5. The summed E-state index contributed by atoms with van der Waals surface area (Å²) in [6.45, 7) is 7.12. The predicted molar refractivity (Wildman–Crippen MR) is 146 cm³/mol. The number of aromatic nitrogens is 1. The van der Waals surface area contributed by atoms with Crippen LogP contribution in [-0.2, 0) is 14.9 Å². The topological polar surface area (TPSA) is 104 Å². The zero-order chi connectivity index (χ0) is 26.4. The van der Waals surface area contributed by atoms with Crippen LogP contribution in [0.4, 0.5) is 16.2 Å². The molecule has 8 nitrogen and oxygen atoms in total. The molecule has 1 fully saturated rings. The molecule has 1 saturated heterocycles. The fourth-order valence-electron chi connectivity index (χ4n) is 4.16. The van der Waals surface area contributed by atoms with Crippen molar-refractivity contribution in [2.45, 2.75) is 51.7 Å². The Kier molecular flexibility index (Phi) is 8.17. The number of urea groups is 1. The summed E-state index contributed by atoms with van der Waals surface area (Å²) >= 11 is 0. The van der Waals surface area contributed by atoms with Gasteiger partial charge in [-0.25, -0.2) is 4.79 Å². The molecule has 0 saturated carbocycles. The molecule has 4 rings (SSSR count). The van der Waals surface area contributed by atoms with E-state index in [0.29, 0.717) is 23.7 Å². The maximum atomic E-state index is 13.0. The standard InChI is InChI=1S/C29H34N4O4/c1-29(2,3)24-18-23(26(33-24)27(34)30-4)32-28(35)31-22-15-14-19(20-11-5-6-12-21(20)22)10-9-17-37-25-13-7-8-16-36-25/h5-6,11-12,14-15,18,25,33H,7-8,13,16-17H2,1-4H3,(H,30,34)(H2,31,32,35). The molecule has 1 atom stereocenters. The molecule has 1 unspecified atom stereocenters. The highest BCUT2D eigenvalue weighted by molar-refractivity contribution is 6.09. The Morgan fingerprint density at radius 2 is 1.84 bits per heavy atom. The lowest BCUT2D eigenvalue weighted by Crippen LogP contribution is -2.24. The van der Waals surface area contributed by atoms with Gasteiger partial charge in [-0.2, -0.15) is 0 Å². The zero-order valence-corrected chi connectivity index (χ0v) is 21.8. The average Bonchev–Trinajstić information content (AvgIpc) is 3.32. The minimum atomic E-state index is -0.450. The number of hydrogen-bond donors (Lipinski definition) is 4. The van der Waals surface area contributed by atoms with Crippen molar-refractivity contribution in [1.29, 1.82) is 0 Å². The lowest BCUT2D eigenvalue weighted by Gasteiger charge is -2.21. The summed E-state index contributed by atoms with van der Waals surface area (Å²) in [5, 5.41) is 10.1. The third-order valence-corrected chi connectivity index (χ3v) is 6.20. The van der Waals surface area contributed by atoms with E-state index in [-0.39, 0.29) is 17.6 Å². The van der Waals surface area contributed by atoms with Gasteiger partial charge in [-0.05, 0) is 42.8 Å². The maximum absolute atomic E-state index is 13.0. The van der Waals surface area contributed by atoms with Gasteiger partial charge in [0.1, 0.15) is 12.3 Å². The molecule has 0 aliphatic carbocycles. The van der Waals surface area contributed by atoms with Gasteiger partial charge in [0, 0.05) is 35.7 Å². The Morgan fingerprint density at radius 1 is 1.08 bits per heavy atom. The van der Waals surface area contributed by atoms with Gasteiger partial charge >= 0.3 is 6.03 Å². The van der Waals surface area contributed by atoms with E-state index in [1.807, 2.05) is 57.2 Å². The van der Waals surface area contributed by atoms with Crippen molar-refractivity contribution in [3.05, 3.63) is 59.4 Å². The maximum Gasteiger partial charge on any atom is 0.323 e. The number of amides is 3. The molecule has 4 N–H and O–H groups in total. The molecule has 3 aromatic rings. The molecule has 8 heteroatoms. The number of ether oxygens (including phenoxy) is 2. The number of nitrogens with one attached hydrogen (secondary N) is 4. The van der Waals surface area contributed by atoms with Crippen molar-refractivity contribution in [2.75, 3.05) is 30.9 Å². The van der Waals surface area contributed by atoms with Crippen LogP contribution in [0.3, 0.4) is 0 Å². The smallest absolute Gasteiger partial charge is 0.323 e. The minimum absolute atomic E-state index is 0.173. The predicted octanol–water partition coefficient (Wildman–Crippen LogP) is 5.36. The second-order valence-electron chi connectivity index (χ2n) is 10.00. The summed E-state index contributed by atoms with van der Waals surface area (Å²) < 4.78 is 11.3. The number of aromatic amines is 1. The van der Waals surface area contributed by atoms with Crippen molar-refractivity contribution in [2.24, 2.45) is 0 Å². The number of H-pyrrole nitrogens is 1. The van der Waals surface area contributed by atoms with Crippen molar-refractivity contribution in [3.8, 4) is 11.8 Å². The second kappa shape index (κ2) is 11.5. The number of fused-ring (bicyclic) bond motifs is 1. The molecule has 0 spiro atoms. The van der Waals surface area contributed by atoms with Gasteiger partial charge in [0.25, 0.3) is 5.91 Å². The van der Waals surface area contributed by atoms with Gasteiger partial charge in [-0.15, -0.1) is 0 Å². The van der Waals surface area contributed by atoms with Crippen LogP contribution >= 0.6 is 0 Å². The first-order valence-corrected chi connectivity index (χ1v) is 12.5. The SMILES string of the molecule is CNC(=O)c1[nH]c(C(C)(C)C)cc1NC(=O)Nc1ccc(C#CCOC2CCCCO2)c2ccccc12. The molecule has 194 valence electrons. The van der Waals surface area contributed by atoms with E-state index in [0.717, 1.165) is 47.9 Å². The monoisotopic (exact) mass is 502 g/mol. The molecule has 37 heavy (non-hydrogen) atoms. The summed E-state index contributed by atoms with van der Waals surface area (Å²) in [5.41, 5.74) is 2.82. The summed E-state index contributed by atoms with van der Waals surface area (Å²) in [4.78, 5) is 28.5. The largest absolute Gasteiger partial charge is 0.354 e. The van der Waals surface area contributed by atoms with E-state index < -0.39 is 6.03 Å². The molecule has 3 amide bonds. The Bertz CT molecular complexity index is 1340. The second-order valence-corrected chi connectivity index (χ2v) is 10.00. The van der Waals surface area contributed by atoms with Crippen molar-refractivity contribution in [3.63, 3.8) is 0 Å². The average molecular weight is 503 g/mol. The van der Waals surface area contributed by atoms with Gasteiger partial charge in [0.2, 0.25) is 0 Å². The summed E-state index contributed by atoms with van der Waals surface area (Å²) in [6.07, 6.45) is 2.92. The van der Waals surface area contributed by atoms with E-state index in [4.69, 9.17) is 9.47 Å². The molecule has 2 aromatic carbocycles. The number of hydrogen-bond acceptors (Lipinski definition) is 4. The third-order valence-electron chi connectivity index (χ3n) is 6.20. The van der Waals surface area contributed by atoms with Crippen LogP contribution in [-0.4, -0.2) is 43.5 Å². The van der Waals surface area contributed by atoms with E-state index in [1.54, 1.807) is 13.1 Å². The summed E-state index contributed by atoms with van der Waals surface area (Å²) in [6, 6.07) is 12.8. The Balaban J connectivity index is 1.50. The van der Waals surface area contributed by atoms with Crippen LogP contribution in [0.25, 0.3) is 10.8 Å². The quantitative estimate of drug-likeness (QED) is 0.352. The highest BCUT2D eigenvalue weighted by Crippen LogP contribution is 2.29. The van der Waals surface area contributed by atoms with E-state index in [2.05, 4.69) is 32.8 Å². The molecular weight excluding hydrogens is 468 g/mol. The molecule has 2 heterocycles.